The molecule has 2 heterocycles. The highest BCUT2D eigenvalue weighted by atomic mass is 35.5. The average Bonchev–Trinajstić information content (AvgIpc) is 3.02. The Labute approximate surface area is 186 Å². The van der Waals surface area contributed by atoms with Crippen LogP contribution in [0.4, 0.5) is 0 Å². The van der Waals surface area contributed by atoms with Crippen LogP contribution in [0.2, 0.25) is 5.02 Å². The average molecular weight is 452 g/mol. The number of benzene rings is 2. The second-order valence-electron chi connectivity index (χ2n) is 6.90. The molecule has 1 aliphatic rings. The SMILES string of the molecule is CN(C)CCCOCc1cc2c(s1)-c1cc(Cl)ccc1Sc1ccccc1-2.Cl. The number of halogens is 2. The Morgan fingerprint density at radius 2 is 1.75 bits per heavy atom. The van der Waals surface area contributed by atoms with Crippen molar-refractivity contribution < 1.29 is 4.74 Å². The van der Waals surface area contributed by atoms with Crippen molar-refractivity contribution in [3.8, 4) is 21.6 Å². The zero-order chi connectivity index (χ0) is 18.8. The first kappa shape index (κ1) is 21.7. The van der Waals surface area contributed by atoms with E-state index in [1.807, 2.05) is 29.2 Å². The Morgan fingerprint density at radius 3 is 2.57 bits per heavy atom. The first-order valence-corrected chi connectivity index (χ1v) is 11.1. The molecule has 0 atom stereocenters. The predicted molar refractivity (Wildman–Crippen MR) is 124 cm³/mol. The van der Waals surface area contributed by atoms with Crippen molar-refractivity contribution in [2.45, 2.75) is 22.8 Å². The van der Waals surface area contributed by atoms with Crippen LogP contribution in [-0.2, 0) is 11.3 Å². The van der Waals surface area contributed by atoms with Gasteiger partial charge in [0, 0.05) is 42.3 Å². The Morgan fingerprint density at radius 1 is 0.964 bits per heavy atom. The van der Waals surface area contributed by atoms with Crippen molar-refractivity contribution in [3.05, 3.63) is 58.4 Å². The topological polar surface area (TPSA) is 12.5 Å². The van der Waals surface area contributed by atoms with Gasteiger partial charge in [0.05, 0.1) is 6.61 Å². The highest BCUT2D eigenvalue weighted by Gasteiger charge is 2.22. The summed E-state index contributed by atoms with van der Waals surface area (Å²) in [5.74, 6) is 0. The van der Waals surface area contributed by atoms with Gasteiger partial charge in [-0.15, -0.1) is 23.7 Å². The van der Waals surface area contributed by atoms with Crippen LogP contribution >= 0.6 is 47.1 Å². The summed E-state index contributed by atoms with van der Waals surface area (Å²) in [6.45, 7) is 2.50. The number of ether oxygens (including phenoxy) is 1. The van der Waals surface area contributed by atoms with Gasteiger partial charge in [-0.3, -0.25) is 0 Å². The molecule has 0 saturated carbocycles. The minimum absolute atomic E-state index is 0. The Kier molecular flexibility index (Phi) is 7.48. The molecule has 0 N–H and O–H groups in total. The molecule has 148 valence electrons. The van der Waals surface area contributed by atoms with E-state index in [2.05, 4.69) is 61.5 Å². The van der Waals surface area contributed by atoms with Crippen LogP contribution in [-0.4, -0.2) is 32.1 Å². The molecule has 0 bridgehead atoms. The van der Waals surface area contributed by atoms with E-state index < -0.39 is 0 Å². The van der Waals surface area contributed by atoms with E-state index in [0.29, 0.717) is 6.61 Å². The van der Waals surface area contributed by atoms with Gasteiger partial charge in [0.2, 0.25) is 0 Å². The molecule has 28 heavy (non-hydrogen) atoms. The van der Waals surface area contributed by atoms with Gasteiger partial charge in [-0.25, -0.2) is 0 Å². The highest BCUT2D eigenvalue weighted by Crippen LogP contribution is 2.51. The second kappa shape index (κ2) is 9.66. The van der Waals surface area contributed by atoms with Gasteiger partial charge in [0.15, 0.2) is 0 Å². The number of nitrogens with zero attached hydrogens (tertiary/aromatic N) is 1. The molecule has 0 aliphatic carbocycles. The predicted octanol–water partition coefficient (Wildman–Crippen LogP) is 7.09. The van der Waals surface area contributed by atoms with E-state index in [1.165, 1.54) is 36.2 Å². The van der Waals surface area contributed by atoms with Crippen molar-refractivity contribution >= 4 is 47.1 Å². The summed E-state index contributed by atoms with van der Waals surface area (Å²) in [5.41, 5.74) is 3.80. The van der Waals surface area contributed by atoms with Gasteiger partial charge in [-0.05, 0) is 63.0 Å². The van der Waals surface area contributed by atoms with Crippen molar-refractivity contribution in [3.63, 3.8) is 0 Å². The van der Waals surface area contributed by atoms with Crippen LogP contribution in [0.3, 0.4) is 0 Å². The summed E-state index contributed by atoms with van der Waals surface area (Å²) >= 11 is 9.96. The molecule has 0 spiro atoms. The van der Waals surface area contributed by atoms with E-state index in [9.17, 15) is 0 Å². The van der Waals surface area contributed by atoms with Gasteiger partial charge in [-0.1, -0.05) is 41.6 Å². The lowest BCUT2D eigenvalue weighted by atomic mass is 10.0. The normalized spacial score (nSPS) is 12.0. The molecule has 2 aromatic carbocycles. The first-order valence-electron chi connectivity index (χ1n) is 9.04. The monoisotopic (exact) mass is 451 g/mol. The van der Waals surface area contributed by atoms with Crippen LogP contribution < -0.4 is 0 Å². The third kappa shape index (κ3) is 4.76. The van der Waals surface area contributed by atoms with Crippen LogP contribution in [0.25, 0.3) is 21.6 Å². The van der Waals surface area contributed by atoms with Crippen LogP contribution in [0, 0.1) is 0 Å². The van der Waals surface area contributed by atoms with Crippen LogP contribution in [0.15, 0.2) is 58.3 Å². The van der Waals surface area contributed by atoms with Crippen LogP contribution in [0.5, 0.6) is 0 Å². The van der Waals surface area contributed by atoms with Crippen molar-refractivity contribution in [1.29, 1.82) is 0 Å². The number of hydrogen-bond acceptors (Lipinski definition) is 4. The zero-order valence-corrected chi connectivity index (χ0v) is 19.1. The molecule has 6 heteroatoms. The summed E-state index contributed by atoms with van der Waals surface area (Å²) in [6.07, 6.45) is 1.05. The van der Waals surface area contributed by atoms with E-state index in [-0.39, 0.29) is 12.4 Å². The smallest absolute Gasteiger partial charge is 0.0809 e. The summed E-state index contributed by atoms with van der Waals surface area (Å²) < 4.78 is 5.93. The lowest BCUT2D eigenvalue weighted by Gasteiger charge is -2.09. The molecular formula is C22H23Cl2NOS2. The summed E-state index contributed by atoms with van der Waals surface area (Å²) in [5, 5.41) is 0.779. The second-order valence-corrected chi connectivity index (χ2v) is 9.56. The lowest BCUT2D eigenvalue weighted by Crippen LogP contribution is -2.14. The molecule has 3 aromatic rings. The maximum absolute atomic E-state index is 6.33. The molecule has 2 nitrogen and oxygen atoms in total. The third-order valence-corrected chi connectivity index (χ3v) is 7.03. The number of fused-ring (bicyclic) bond motifs is 5. The zero-order valence-electron chi connectivity index (χ0n) is 15.9. The lowest BCUT2D eigenvalue weighted by molar-refractivity contribution is 0.115. The van der Waals surface area contributed by atoms with E-state index in [1.54, 1.807) is 0 Å². The number of rotatable bonds is 6. The molecule has 1 aliphatic heterocycles. The molecule has 0 fully saturated rings. The van der Waals surface area contributed by atoms with E-state index in [0.717, 1.165) is 24.6 Å². The van der Waals surface area contributed by atoms with Gasteiger partial charge < -0.3 is 9.64 Å². The van der Waals surface area contributed by atoms with Crippen molar-refractivity contribution in [1.82, 2.24) is 4.90 Å². The standard InChI is InChI=1S/C22H22ClNOS2.ClH/c1-24(2)10-5-11-25-14-16-13-18-17-6-3-4-7-20(17)27-21-9-8-15(23)12-19(21)22(18)26-16;/h3-4,6-9,12-13H,5,10-11,14H2,1-2H3;1H. The molecule has 0 amide bonds. The molecule has 0 saturated heterocycles. The van der Waals surface area contributed by atoms with Crippen molar-refractivity contribution in [2.24, 2.45) is 0 Å². The Hall–Kier alpha value is -1.01. The van der Waals surface area contributed by atoms with Gasteiger partial charge in [0.25, 0.3) is 0 Å². The fourth-order valence-electron chi connectivity index (χ4n) is 3.23. The molecule has 0 unspecified atom stereocenters. The maximum atomic E-state index is 6.33. The maximum Gasteiger partial charge on any atom is 0.0809 e. The van der Waals surface area contributed by atoms with E-state index in [4.69, 9.17) is 16.3 Å². The van der Waals surface area contributed by atoms with Gasteiger partial charge in [-0.2, -0.15) is 0 Å². The Balaban J connectivity index is 0.00000225. The summed E-state index contributed by atoms with van der Waals surface area (Å²) in [6, 6.07) is 17.1. The largest absolute Gasteiger partial charge is 0.376 e. The third-order valence-electron chi connectivity index (χ3n) is 4.50. The van der Waals surface area contributed by atoms with Crippen molar-refractivity contribution in [2.75, 3.05) is 27.2 Å². The number of hydrogen-bond donors (Lipinski definition) is 0. The van der Waals surface area contributed by atoms with Gasteiger partial charge >= 0.3 is 0 Å². The minimum Gasteiger partial charge on any atom is -0.376 e. The Bertz CT molecular complexity index is 955. The summed E-state index contributed by atoms with van der Waals surface area (Å²) in [4.78, 5) is 7.28. The molecule has 1 aromatic heterocycles. The quantitative estimate of drug-likeness (QED) is 0.290. The van der Waals surface area contributed by atoms with Gasteiger partial charge in [0.1, 0.15) is 0 Å². The molecular weight excluding hydrogens is 429 g/mol. The fourth-order valence-corrected chi connectivity index (χ4v) is 5.69. The minimum atomic E-state index is 0. The molecule has 0 radical (unpaired) electrons. The highest BCUT2D eigenvalue weighted by molar-refractivity contribution is 7.99. The molecule has 4 rings (SSSR count). The van der Waals surface area contributed by atoms with E-state index >= 15 is 0 Å². The number of thiophene rings is 1. The fraction of sp³-hybridized carbons (Fsp3) is 0.273. The summed E-state index contributed by atoms with van der Waals surface area (Å²) in [7, 11) is 4.18. The van der Waals surface area contributed by atoms with Crippen LogP contribution in [0.1, 0.15) is 11.3 Å². The first-order chi connectivity index (χ1) is 13.1.